The molecule has 0 aliphatic carbocycles. The summed E-state index contributed by atoms with van der Waals surface area (Å²) in [6.45, 7) is 11.6. The van der Waals surface area contributed by atoms with Crippen molar-refractivity contribution in [2.24, 2.45) is 11.8 Å². The maximum Gasteiger partial charge on any atom is -0.0299 e. The average molecular weight is 168 g/mol. The minimum atomic E-state index is 0.934. The van der Waals surface area contributed by atoms with Gasteiger partial charge in [0.2, 0.25) is 0 Å². The van der Waals surface area contributed by atoms with Crippen molar-refractivity contribution in [2.75, 3.05) is 13.1 Å². The lowest BCUT2D eigenvalue weighted by atomic mass is 9.84. The Morgan fingerprint density at radius 3 is 2.42 bits per heavy atom. The molecule has 0 bridgehead atoms. The van der Waals surface area contributed by atoms with Crippen LogP contribution in [-0.2, 0) is 0 Å². The van der Waals surface area contributed by atoms with Gasteiger partial charge in [-0.05, 0) is 37.8 Å². The van der Waals surface area contributed by atoms with Crippen LogP contribution in [0.3, 0.4) is 0 Å². The highest BCUT2D eigenvalue weighted by Gasteiger charge is 2.19. The van der Waals surface area contributed by atoms with Crippen LogP contribution in [0.15, 0.2) is 0 Å². The van der Waals surface area contributed by atoms with Crippen LogP contribution < -0.4 is 0 Å². The monoisotopic (exact) mass is 168 g/mol. The van der Waals surface area contributed by atoms with Crippen molar-refractivity contribution in [1.29, 1.82) is 0 Å². The normalized spacial score (nSPS) is 24.2. The zero-order chi connectivity index (χ0) is 8.97. The Kier molecular flexibility index (Phi) is 4.07. The van der Waals surface area contributed by atoms with Crippen LogP contribution in [0.4, 0.5) is 0 Å². The second-order valence-electron chi connectivity index (χ2n) is 4.02. The highest BCUT2D eigenvalue weighted by atomic mass is 15.1. The Bertz CT molecular complexity index is 114. The van der Waals surface area contributed by atoms with Crippen molar-refractivity contribution in [2.45, 2.75) is 40.0 Å². The summed E-state index contributed by atoms with van der Waals surface area (Å²) in [5, 5.41) is 0. The summed E-state index contributed by atoms with van der Waals surface area (Å²) < 4.78 is 0. The lowest BCUT2D eigenvalue weighted by molar-refractivity contribution is 0.178. The second kappa shape index (κ2) is 4.86. The summed E-state index contributed by atoms with van der Waals surface area (Å²) in [5.74, 6) is 1.93. The summed E-state index contributed by atoms with van der Waals surface area (Å²) in [6.07, 6.45) is 4.15. The van der Waals surface area contributed by atoms with E-state index in [1.54, 1.807) is 0 Å². The van der Waals surface area contributed by atoms with Gasteiger partial charge < -0.3 is 4.90 Å². The molecule has 1 unspecified atom stereocenters. The van der Waals surface area contributed by atoms with Gasteiger partial charge in [0.25, 0.3) is 0 Å². The number of hydrogen-bond donors (Lipinski definition) is 0. The second-order valence-corrected chi connectivity index (χ2v) is 4.02. The third-order valence-electron chi connectivity index (χ3n) is 3.39. The molecule has 0 N–H and O–H groups in total. The number of nitrogens with zero attached hydrogens (tertiary/aromatic N) is 1. The minimum Gasteiger partial charge on any atom is -0.457 e. The standard InChI is InChI=1S/C11H22N/c1-4-10(3)11-6-8-12(5-2)9-7-11/h5,10-11H,4,6-9H2,1-3H3/q-1. The molecule has 0 radical (unpaired) electrons. The van der Waals surface area contributed by atoms with Crippen LogP contribution in [0.1, 0.15) is 40.0 Å². The van der Waals surface area contributed by atoms with Crippen molar-refractivity contribution in [3.05, 3.63) is 6.54 Å². The van der Waals surface area contributed by atoms with E-state index in [-0.39, 0.29) is 0 Å². The average Bonchev–Trinajstić information content (AvgIpc) is 2.17. The van der Waals surface area contributed by atoms with Gasteiger partial charge in [0.15, 0.2) is 0 Å². The maximum absolute atomic E-state index is 2.44. The molecule has 0 aromatic heterocycles. The van der Waals surface area contributed by atoms with Crippen molar-refractivity contribution in [1.82, 2.24) is 4.90 Å². The van der Waals surface area contributed by atoms with Crippen molar-refractivity contribution in [3.63, 3.8) is 0 Å². The van der Waals surface area contributed by atoms with E-state index in [2.05, 4.69) is 32.2 Å². The molecule has 0 spiro atoms. The Labute approximate surface area is 77.1 Å². The van der Waals surface area contributed by atoms with Gasteiger partial charge in [-0.15, -0.1) is 0 Å². The Balaban J connectivity index is 2.25. The predicted molar refractivity (Wildman–Crippen MR) is 53.7 cm³/mol. The zero-order valence-electron chi connectivity index (χ0n) is 8.71. The summed E-state index contributed by atoms with van der Waals surface area (Å²) in [7, 11) is 0. The fraction of sp³-hybridized carbons (Fsp3) is 0.909. The lowest BCUT2D eigenvalue weighted by Gasteiger charge is -2.39. The van der Waals surface area contributed by atoms with Crippen LogP contribution in [0.2, 0.25) is 0 Å². The lowest BCUT2D eigenvalue weighted by Crippen LogP contribution is -2.33. The maximum atomic E-state index is 2.44. The summed E-state index contributed by atoms with van der Waals surface area (Å²) >= 11 is 0. The van der Waals surface area contributed by atoms with Crippen LogP contribution >= 0.6 is 0 Å². The van der Waals surface area contributed by atoms with Gasteiger partial charge in [-0.1, -0.05) is 20.3 Å². The smallest absolute Gasteiger partial charge is 0.0299 e. The molecular formula is C11H22N-. The SMILES string of the molecule is C[CH-]N1CCC(C(C)CC)CC1. The first kappa shape index (κ1) is 10.0. The van der Waals surface area contributed by atoms with E-state index < -0.39 is 0 Å². The molecule has 1 fully saturated rings. The molecular weight excluding hydrogens is 146 g/mol. The molecule has 72 valence electrons. The predicted octanol–water partition coefficient (Wildman–Crippen LogP) is 2.93. The molecule has 1 rings (SSSR count). The van der Waals surface area contributed by atoms with Crippen molar-refractivity contribution >= 4 is 0 Å². The van der Waals surface area contributed by atoms with Gasteiger partial charge in [0.1, 0.15) is 0 Å². The molecule has 1 atom stereocenters. The largest absolute Gasteiger partial charge is 0.457 e. The number of piperidine rings is 1. The molecule has 0 saturated carbocycles. The van der Waals surface area contributed by atoms with E-state index >= 15 is 0 Å². The molecule has 1 aliphatic rings. The van der Waals surface area contributed by atoms with E-state index in [0.29, 0.717) is 0 Å². The molecule has 0 aromatic rings. The Morgan fingerprint density at radius 2 is 2.00 bits per heavy atom. The third kappa shape index (κ3) is 2.48. The topological polar surface area (TPSA) is 3.24 Å². The first-order valence-corrected chi connectivity index (χ1v) is 5.31. The molecule has 1 heteroatoms. The molecule has 1 heterocycles. The molecule has 12 heavy (non-hydrogen) atoms. The number of hydrogen-bond acceptors (Lipinski definition) is 1. The van der Waals surface area contributed by atoms with Crippen LogP contribution in [-0.4, -0.2) is 18.0 Å². The summed E-state index contributed by atoms with van der Waals surface area (Å²) in [5.41, 5.74) is 0. The highest BCUT2D eigenvalue weighted by Crippen LogP contribution is 2.26. The van der Waals surface area contributed by atoms with Gasteiger partial charge in [-0.2, -0.15) is 6.92 Å². The molecule has 0 amide bonds. The van der Waals surface area contributed by atoms with Gasteiger partial charge in [-0.25, -0.2) is 0 Å². The van der Waals surface area contributed by atoms with E-state index in [9.17, 15) is 0 Å². The summed E-state index contributed by atoms with van der Waals surface area (Å²) in [4.78, 5) is 2.44. The van der Waals surface area contributed by atoms with Crippen molar-refractivity contribution in [3.8, 4) is 0 Å². The van der Waals surface area contributed by atoms with E-state index in [4.69, 9.17) is 0 Å². The van der Waals surface area contributed by atoms with Crippen LogP contribution in [0.5, 0.6) is 0 Å². The van der Waals surface area contributed by atoms with Crippen molar-refractivity contribution < 1.29 is 0 Å². The molecule has 1 saturated heterocycles. The van der Waals surface area contributed by atoms with Gasteiger partial charge in [0.05, 0.1) is 0 Å². The minimum absolute atomic E-state index is 0.934. The van der Waals surface area contributed by atoms with Crippen LogP contribution in [0, 0.1) is 18.4 Å². The van der Waals surface area contributed by atoms with E-state index in [1.165, 1.54) is 32.4 Å². The van der Waals surface area contributed by atoms with Crippen LogP contribution in [0.25, 0.3) is 0 Å². The van der Waals surface area contributed by atoms with E-state index in [0.717, 1.165) is 11.8 Å². The zero-order valence-corrected chi connectivity index (χ0v) is 8.71. The molecule has 0 aromatic carbocycles. The van der Waals surface area contributed by atoms with Gasteiger partial charge in [0, 0.05) is 0 Å². The third-order valence-corrected chi connectivity index (χ3v) is 3.39. The first-order chi connectivity index (χ1) is 5.77. The quantitative estimate of drug-likeness (QED) is 0.586. The molecule has 1 aliphatic heterocycles. The van der Waals surface area contributed by atoms with Gasteiger partial charge in [-0.3, -0.25) is 6.54 Å². The van der Waals surface area contributed by atoms with Gasteiger partial charge >= 0.3 is 0 Å². The number of likely N-dealkylation sites (tertiary alicyclic amines) is 1. The Hall–Kier alpha value is -0.0400. The van der Waals surface area contributed by atoms with E-state index in [1.807, 2.05) is 0 Å². The first-order valence-electron chi connectivity index (χ1n) is 5.31. The molecule has 1 nitrogen and oxygen atoms in total. The summed E-state index contributed by atoms with van der Waals surface area (Å²) in [6, 6.07) is 0. The fourth-order valence-electron chi connectivity index (χ4n) is 2.08. The highest BCUT2D eigenvalue weighted by molar-refractivity contribution is 4.77. The number of rotatable bonds is 3. The fourth-order valence-corrected chi connectivity index (χ4v) is 2.08. The Morgan fingerprint density at radius 1 is 1.42 bits per heavy atom.